The summed E-state index contributed by atoms with van der Waals surface area (Å²) in [7, 11) is 0. The van der Waals surface area contributed by atoms with Gasteiger partial charge in [-0.05, 0) is 30.7 Å². The van der Waals surface area contributed by atoms with Crippen LogP contribution in [0.3, 0.4) is 0 Å². The Morgan fingerprint density at radius 2 is 2.00 bits per heavy atom. The van der Waals surface area contributed by atoms with Crippen LogP contribution in [0.25, 0.3) is 11.1 Å². The number of hydrogen-bond acceptors (Lipinski definition) is 2. The summed E-state index contributed by atoms with van der Waals surface area (Å²) in [5, 5.41) is 4.06. The van der Waals surface area contributed by atoms with Crippen molar-refractivity contribution in [3.63, 3.8) is 0 Å². The Bertz CT molecular complexity index is 647. The number of hydrogen-bond donors (Lipinski definition) is 1. The summed E-state index contributed by atoms with van der Waals surface area (Å²) in [6.45, 7) is 3.85. The van der Waals surface area contributed by atoms with Crippen LogP contribution in [0.15, 0.2) is 47.5 Å². The molecule has 0 radical (unpaired) electrons. The molecule has 0 fully saturated rings. The van der Waals surface area contributed by atoms with Gasteiger partial charge in [-0.15, -0.1) is 0 Å². The first-order valence-corrected chi connectivity index (χ1v) is 6.77. The van der Waals surface area contributed by atoms with Gasteiger partial charge in [0.2, 0.25) is 0 Å². The quantitative estimate of drug-likeness (QED) is 0.885. The molecule has 1 heterocycles. The number of aliphatic imine (C=N–C) groups is 1. The number of rotatable bonds is 2. The molecule has 0 amide bonds. The third kappa shape index (κ3) is 2.49. The molecule has 19 heavy (non-hydrogen) atoms. The summed E-state index contributed by atoms with van der Waals surface area (Å²) in [5.74, 6) is 0.963. The Kier molecular flexibility index (Phi) is 3.26. The molecule has 1 aliphatic rings. The lowest BCUT2D eigenvalue weighted by Gasteiger charge is -2.09. The molecule has 0 spiro atoms. The van der Waals surface area contributed by atoms with Crippen molar-refractivity contribution < 1.29 is 0 Å². The van der Waals surface area contributed by atoms with Gasteiger partial charge >= 0.3 is 0 Å². The van der Waals surface area contributed by atoms with Crippen molar-refractivity contribution >= 4 is 17.4 Å². The molecule has 3 rings (SSSR count). The number of halogens is 1. The fraction of sp³-hybridized carbons (Fsp3) is 0.188. The predicted octanol–water partition coefficient (Wildman–Crippen LogP) is 3.67. The van der Waals surface area contributed by atoms with Crippen LogP contribution in [0.4, 0.5) is 0 Å². The van der Waals surface area contributed by atoms with Crippen LogP contribution >= 0.6 is 11.6 Å². The molecule has 1 aliphatic heterocycles. The lowest BCUT2D eigenvalue weighted by Crippen LogP contribution is -2.19. The third-order valence-corrected chi connectivity index (χ3v) is 3.57. The molecule has 0 atom stereocenters. The van der Waals surface area contributed by atoms with E-state index in [4.69, 9.17) is 11.6 Å². The highest BCUT2D eigenvalue weighted by atomic mass is 35.5. The van der Waals surface area contributed by atoms with E-state index in [-0.39, 0.29) is 0 Å². The minimum atomic E-state index is 0.771. The zero-order chi connectivity index (χ0) is 13.2. The Morgan fingerprint density at radius 1 is 1.11 bits per heavy atom. The van der Waals surface area contributed by atoms with E-state index in [0.717, 1.165) is 40.6 Å². The van der Waals surface area contributed by atoms with Gasteiger partial charge in [0.25, 0.3) is 0 Å². The molecule has 2 aromatic rings. The SMILES string of the molecule is Cc1cccc(-c2cc(C3=NCCN3)ccc2Cl)c1. The van der Waals surface area contributed by atoms with E-state index in [0.29, 0.717) is 0 Å². The Hall–Kier alpha value is -1.80. The molecule has 2 nitrogen and oxygen atoms in total. The lowest BCUT2D eigenvalue weighted by atomic mass is 10.0. The van der Waals surface area contributed by atoms with Crippen molar-refractivity contribution in [1.82, 2.24) is 5.32 Å². The average Bonchev–Trinajstić information content (AvgIpc) is 2.93. The van der Waals surface area contributed by atoms with Crippen molar-refractivity contribution in [3.8, 4) is 11.1 Å². The minimum Gasteiger partial charge on any atom is -0.368 e. The molecular weight excluding hydrogens is 256 g/mol. The maximum Gasteiger partial charge on any atom is 0.128 e. The van der Waals surface area contributed by atoms with Gasteiger partial charge in [0.05, 0.1) is 6.54 Å². The number of benzene rings is 2. The van der Waals surface area contributed by atoms with E-state index in [1.807, 2.05) is 12.1 Å². The van der Waals surface area contributed by atoms with Gasteiger partial charge in [-0.3, -0.25) is 4.99 Å². The standard InChI is InChI=1S/C16H15ClN2/c1-11-3-2-4-12(9-11)14-10-13(5-6-15(14)17)16-18-7-8-19-16/h2-6,9-10H,7-8H2,1H3,(H,18,19). The van der Waals surface area contributed by atoms with Gasteiger partial charge in [0.1, 0.15) is 5.84 Å². The predicted molar refractivity (Wildman–Crippen MR) is 81.0 cm³/mol. The average molecular weight is 271 g/mol. The van der Waals surface area contributed by atoms with Gasteiger partial charge in [0.15, 0.2) is 0 Å². The highest BCUT2D eigenvalue weighted by molar-refractivity contribution is 6.33. The van der Waals surface area contributed by atoms with E-state index < -0.39 is 0 Å². The zero-order valence-corrected chi connectivity index (χ0v) is 11.5. The Labute approximate surface area is 118 Å². The molecule has 1 N–H and O–H groups in total. The van der Waals surface area contributed by atoms with Crippen molar-refractivity contribution in [2.75, 3.05) is 13.1 Å². The minimum absolute atomic E-state index is 0.771. The molecular formula is C16H15ClN2. The van der Waals surface area contributed by atoms with E-state index in [2.05, 4.69) is 47.6 Å². The summed E-state index contributed by atoms with van der Waals surface area (Å²) in [6, 6.07) is 14.4. The largest absolute Gasteiger partial charge is 0.368 e. The summed E-state index contributed by atoms with van der Waals surface area (Å²) >= 11 is 6.33. The summed E-state index contributed by atoms with van der Waals surface area (Å²) in [4.78, 5) is 4.45. The fourth-order valence-electron chi connectivity index (χ4n) is 2.30. The van der Waals surface area contributed by atoms with Crippen LogP contribution in [0, 0.1) is 6.92 Å². The fourth-order valence-corrected chi connectivity index (χ4v) is 2.52. The van der Waals surface area contributed by atoms with Gasteiger partial charge in [-0.1, -0.05) is 41.4 Å². The first-order valence-electron chi connectivity index (χ1n) is 6.39. The van der Waals surface area contributed by atoms with Crippen LogP contribution in [-0.4, -0.2) is 18.9 Å². The monoisotopic (exact) mass is 270 g/mol. The topological polar surface area (TPSA) is 24.4 Å². The van der Waals surface area contributed by atoms with E-state index in [1.165, 1.54) is 5.56 Å². The van der Waals surface area contributed by atoms with Crippen LogP contribution in [0.2, 0.25) is 5.02 Å². The van der Waals surface area contributed by atoms with Crippen LogP contribution in [0.5, 0.6) is 0 Å². The Balaban J connectivity index is 2.07. The van der Waals surface area contributed by atoms with Crippen LogP contribution in [0.1, 0.15) is 11.1 Å². The van der Waals surface area contributed by atoms with Crippen molar-refractivity contribution in [2.24, 2.45) is 4.99 Å². The summed E-state index contributed by atoms with van der Waals surface area (Å²) in [5.41, 5.74) is 4.53. The van der Waals surface area contributed by atoms with Gasteiger partial charge < -0.3 is 5.32 Å². The maximum absolute atomic E-state index is 6.33. The summed E-state index contributed by atoms with van der Waals surface area (Å²) in [6.07, 6.45) is 0. The van der Waals surface area contributed by atoms with Crippen molar-refractivity contribution in [3.05, 3.63) is 58.6 Å². The number of nitrogens with one attached hydrogen (secondary N) is 1. The molecule has 0 unspecified atom stereocenters. The molecule has 0 saturated heterocycles. The second-order valence-corrected chi connectivity index (χ2v) is 5.13. The first kappa shape index (κ1) is 12.2. The summed E-state index contributed by atoms with van der Waals surface area (Å²) < 4.78 is 0. The van der Waals surface area contributed by atoms with Gasteiger partial charge in [-0.2, -0.15) is 0 Å². The van der Waals surface area contributed by atoms with E-state index in [9.17, 15) is 0 Å². The second kappa shape index (κ2) is 5.06. The number of amidine groups is 1. The lowest BCUT2D eigenvalue weighted by molar-refractivity contribution is 0.960. The normalized spacial score (nSPS) is 14.1. The van der Waals surface area contributed by atoms with Crippen molar-refractivity contribution in [2.45, 2.75) is 6.92 Å². The second-order valence-electron chi connectivity index (χ2n) is 4.72. The molecule has 0 aliphatic carbocycles. The number of nitrogens with zero attached hydrogens (tertiary/aromatic N) is 1. The molecule has 2 aromatic carbocycles. The number of aryl methyl sites for hydroxylation is 1. The molecule has 0 aromatic heterocycles. The molecule has 3 heteroatoms. The van der Waals surface area contributed by atoms with E-state index in [1.54, 1.807) is 0 Å². The molecule has 0 bridgehead atoms. The third-order valence-electron chi connectivity index (χ3n) is 3.24. The molecule has 0 saturated carbocycles. The maximum atomic E-state index is 6.33. The Morgan fingerprint density at radius 3 is 2.74 bits per heavy atom. The van der Waals surface area contributed by atoms with Gasteiger partial charge in [0, 0.05) is 22.7 Å². The highest BCUT2D eigenvalue weighted by Crippen LogP contribution is 2.29. The zero-order valence-electron chi connectivity index (χ0n) is 10.8. The van der Waals surface area contributed by atoms with Gasteiger partial charge in [-0.25, -0.2) is 0 Å². The first-order chi connectivity index (χ1) is 9.24. The van der Waals surface area contributed by atoms with Crippen molar-refractivity contribution in [1.29, 1.82) is 0 Å². The smallest absolute Gasteiger partial charge is 0.128 e. The van der Waals surface area contributed by atoms with E-state index >= 15 is 0 Å². The highest BCUT2D eigenvalue weighted by Gasteiger charge is 2.11. The van der Waals surface area contributed by atoms with Crippen LogP contribution < -0.4 is 5.32 Å². The van der Waals surface area contributed by atoms with Crippen LogP contribution in [-0.2, 0) is 0 Å². The molecule has 96 valence electrons.